The molecule has 1 aliphatic heterocycles. The molecule has 30 heavy (non-hydrogen) atoms. The zero-order chi connectivity index (χ0) is 21.3. The molecule has 0 aromatic heterocycles. The van der Waals surface area contributed by atoms with E-state index in [0.29, 0.717) is 25.9 Å². The lowest BCUT2D eigenvalue weighted by atomic mass is 9.92. The van der Waals surface area contributed by atoms with Crippen LogP contribution >= 0.6 is 24.0 Å². The second-order valence-electron chi connectivity index (χ2n) is 6.81. The van der Waals surface area contributed by atoms with Crippen LogP contribution in [0.15, 0.2) is 77.7 Å². The van der Waals surface area contributed by atoms with Crippen LogP contribution in [0.5, 0.6) is 0 Å². The van der Waals surface area contributed by atoms with Crippen LogP contribution in [-0.4, -0.2) is 15.2 Å². The van der Waals surface area contributed by atoms with Crippen molar-refractivity contribution in [3.8, 4) is 11.1 Å². The number of nitro groups is 1. The maximum absolute atomic E-state index is 12.6. The van der Waals surface area contributed by atoms with Crippen molar-refractivity contribution < 1.29 is 9.72 Å². The Hall–Kier alpha value is -3.29. The minimum Gasteiger partial charge on any atom is -0.307 e. The Kier molecular flexibility index (Phi) is 5.48. The Labute approximate surface area is 183 Å². The molecule has 0 aliphatic carbocycles. The Morgan fingerprint density at radius 2 is 1.73 bits per heavy atom. The first-order valence-electron chi connectivity index (χ1n) is 9.12. The van der Waals surface area contributed by atoms with Crippen molar-refractivity contribution >= 4 is 45.5 Å². The fourth-order valence-corrected chi connectivity index (χ4v) is 4.52. The first-order chi connectivity index (χ1) is 14.4. The second-order valence-corrected chi connectivity index (χ2v) is 8.50. The Bertz CT molecular complexity index is 1220. The van der Waals surface area contributed by atoms with E-state index in [1.54, 1.807) is 6.07 Å². The van der Waals surface area contributed by atoms with Crippen LogP contribution in [0, 0.1) is 17.0 Å². The van der Waals surface area contributed by atoms with Crippen LogP contribution in [0.2, 0.25) is 0 Å². The lowest BCUT2D eigenvalue weighted by molar-refractivity contribution is -0.384. The van der Waals surface area contributed by atoms with E-state index in [1.165, 1.54) is 17.8 Å². The number of carbonyl (C=O) groups is 1. The number of rotatable bonds is 4. The molecule has 1 aliphatic rings. The minimum atomic E-state index is -0.416. The minimum absolute atomic E-state index is 0.0388. The number of nitrogens with zero attached hydrogens (tertiary/aromatic N) is 1. The highest BCUT2D eigenvalue weighted by atomic mass is 32.2. The molecule has 148 valence electrons. The van der Waals surface area contributed by atoms with Gasteiger partial charge in [-0.1, -0.05) is 84.1 Å². The number of hydrogen-bond acceptors (Lipinski definition) is 5. The van der Waals surface area contributed by atoms with Crippen molar-refractivity contribution in [1.29, 1.82) is 0 Å². The quantitative estimate of drug-likeness (QED) is 0.256. The molecule has 0 unspecified atom stereocenters. The van der Waals surface area contributed by atoms with Gasteiger partial charge in [0, 0.05) is 17.7 Å². The normalized spacial score (nSPS) is 15.1. The predicted octanol–water partition coefficient (Wildman–Crippen LogP) is 5.48. The van der Waals surface area contributed by atoms with E-state index in [9.17, 15) is 14.9 Å². The molecule has 7 heteroatoms. The van der Waals surface area contributed by atoms with Crippen molar-refractivity contribution in [3.63, 3.8) is 0 Å². The lowest BCUT2D eigenvalue weighted by Crippen LogP contribution is -2.18. The van der Waals surface area contributed by atoms with Gasteiger partial charge in [0.1, 0.15) is 4.32 Å². The van der Waals surface area contributed by atoms with E-state index in [2.05, 4.69) is 5.32 Å². The van der Waals surface area contributed by atoms with Gasteiger partial charge in [-0.3, -0.25) is 14.9 Å². The number of nitro benzene ring substituents is 1. The third kappa shape index (κ3) is 4.03. The van der Waals surface area contributed by atoms with Gasteiger partial charge in [0.25, 0.3) is 11.6 Å². The number of thioether (sulfide) groups is 1. The third-order valence-electron chi connectivity index (χ3n) is 4.67. The number of nitrogens with one attached hydrogen (secondary N) is 1. The predicted molar refractivity (Wildman–Crippen MR) is 124 cm³/mol. The summed E-state index contributed by atoms with van der Waals surface area (Å²) in [6.07, 6.45) is 0. The summed E-state index contributed by atoms with van der Waals surface area (Å²) < 4.78 is 0.369. The number of amides is 1. The molecule has 3 aromatic carbocycles. The first-order valence-corrected chi connectivity index (χ1v) is 10.3. The van der Waals surface area contributed by atoms with Crippen molar-refractivity contribution in [2.75, 3.05) is 0 Å². The van der Waals surface area contributed by atoms with Crippen LogP contribution in [0.25, 0.3) is 16.7 Å². The van der Waals surface area contributed by atoms with Crippen LogP contribution in [0.4, 0.5) is 5.69 Å². The highest BCUT2D eigenvalue weighted by Crippen LogP contribution is 2.39. The highest BCUT2D eigenvalue weighted by Gasteiger charge is 2.28. The van der Waals surface area contributed by atoms with Crippen molar-refractivity contribution in [1.82, 2.24) is 5.32 Å². The average molecular weight is 433 g/mol. The molecule has 5 nitrogen and oxygen atoms in total. The van der Waals surface area contributed by atoms with E-state index < -0.39 is 4.92 Å². The van der Waals surface area contributed by atoms with Gasteiger partial charge in [-0.05, 0) is 35.2 Å². The molecule has 4 rings (SSSR count). The van der Waals surface area contributed by atoms with Crippen molar-refractivity contribution in [3.05, 3.63) is 105 Å². The topological polar surface area (TPSA) is 72.2 Å². The molecular formula is C23H16N2O3S2. The monoisotopic (exact) mass is 432 g/mol. The Balaban J connectivity index is 2.01. The maximum Gasteiger partial charge on any atom is 0.270 e. The molecule has 0 saturated carbocycles. The summed E-state index contributed by atoms with van der Waals surface area (Å²) >= 11 is 6.35. The molecule has 0 spiro atoms. The summed E-state index contributed by atoms with van der Waals surface area (Å²) in [5, 5.41) is 14.3. The van der Waals surface area contributed by atoms with Crippen molar-refractivity contribution in [2.45, 2.75) is 6.92 Å². The summed E-state index contributed by atoms with van der Waals surface area (Å²) in [6.45, 7) is 1.96. The lowest BCUT2D eigenvalue weighted by Gasteiger charge is -2.13. The number of carbonyl (C=O) groups excluding carboxylic acids is 1. The summed E-state index contributed by atoms with van der Waals surface area (Å²) in [7, 11) is 0. The van der Waals surface area contributed by atoms with Crippen LogP contribution in [-0.2, 0) is 4.79 Å². The molecule has 1 heterocycles. The Morgan fingerprint density at radius 1 is 0.967 bits per heavy atom. The van der Waals surface area contributed by atoms with E-state index in [1.807, 2.05) is 67.6 Å². The maximum atomic E-state index is 12.6. The fraction of sp³-hybridized carbons (Fsp3) is 0.0435. The largest absolute Gasteiger partial charge is 0.307 e. The SMILES string of the molecule is Cc1cccc(C(=C2SC(=S)NC2=O)c2cc(-c3ccccc3)cc([N+](=O)[O-])c2)c1. The van der Waals surface area contributed by atoms with Gasteiger partial charge in [-0.15, -0.1) is 0 Å². The number of thiocarbonyl (C=S) groups is 1. The van der Waals surface area contributed by atoms with Crippen LogP contribution in [0.3, 0.4) is 0 Å². The summed E-state index contributed by atoms with van der Waals surface area (Å²) in [5.74, 6) is -0.297. The zero-order valence-electron chi connectivity index (χ0n) is 15.9. The van der Waals surface area contributed by atoms with Crippen LogP contribution < -0.4 is 5.32 Å². The van der Waals surface area contributed by atoms with Gasteiger partial charge >= 0.3 is 0 Å². The van der Waals surface area contributed by atoms with E-state index >= 15 is 0 Å². The van der Waals surface area contributed by atoms with E-state index in [-0.39, 0.29) is 11.6 Å². The van der Waals surface area contributed by atoms with Gasteiger partial charge in [0.15, 0.2) is 0 Å². The molecule has 1 saturated heterocycles. The summed E-state index contributed by atoms with van der Waals surface area (Å²) in [5.41, 5.74) is 4.56. The number of aryl methyl sites for hydroxylation is 1. The van der Waals surface area contributed by atoms with E-state index in [0.717, 1.165) is 16.7 Å². The van der Waals surface area contributed by atoms with Gasteiger partial charge in [0.05, 0.1) is 9.83 Å². The second kappa shape index (κ2) is 8.22. The molecule has 1 fully saturated rings. The average Bonchev–Trinajstić information content (AvgIpc) is 3.06. The van der Waals surface area contributed by atoms with Gasteiger partial charge in [-0.25, -0.2) is 0 Å². The number of benzene rings is 3. The zero-order valence-corrected chi connectivity index (χ0v) is 17.5. The molecule has 0 bridgehead atoms. The first kappa shape index (κ1) is 20.0. The molecule has 1 amide bonds. The molecule has 0 atom stereocenters. The molecule has 3 aromatic rings. The fourth-order valence-electron chi connectivity index (χ4n) is 3.37. The highest BCUT2D eigenvalue weighted by molar-refractivity contribution is 8.26. The van der Waals surface area contributed by atoms with Crippen molar-refractivity contribution in [2.24, 2.45) is 0 Å². The summed E-state index contributed by atoms with van der Waals surface area (Å²) in [4.78, 5) is 24.3. The molecule has 1 N–H and O–H groups in total. The standard InChI is InChI=1S/C23H16N2O3S2/c1-14-6-5-9-16(10-14)20(21-22(26)24-23(29)30-21)18-11-17(12-19(13-18)25(27)28)15-7-3-2-4-8-15/h2-13H,1H3,(H,24,26,29). The molecular weight excluding hydrogens is 416 g/mol. The van der Waals surface area contributed by atoms with Gasteiger partial charge < -0.3 is 5.32 Å². The smallest absolute Gasteiger partial charge is 0.270 e. The Morgan fingerprint density at radius 3 is 2.37 bits per heavy atom. The summed E-state index contributed by atoms with van der Waals surface area (Å²) in [6, 6.07) is 22.1. The number of hydrogen-bond donors (Lipinski definition) is 1. The van der Waals surface area contributed by atoms with Gasteiger partial charge in [0.2, 0.25) is 0 Å². The number of non-ortho nitro benzene ring substituents is 1. The van der Waals surface area contributed by atoms with E-state index in [4.69, 9.17) is 12.2 Å². The van der Waals surface area contributed by atoms with Crippen LogP contribution in [0.1, 0.15) is 16.7 Å². The molecule has 0 radical (unpaired) electrons. The third-order valence-corrected chi connectivity index (χ3v) is 5.91. The van der Waals surface area contributed by atoms with Gasteiger partial charge in [-0.2, -0.15) is 0 Å².